The summed E-state index contributed by atoms with van der Waals surface area (Å²) in [6.07, 6.45) is 3.45. The number of nitrogens with zero attached hydrogens (tertiary/aromatic N) is 1. The third-order valence-corrected chi connectivity index (χ3v) is 3.57. The quantitative estimate of drug-likeness (QED) is 0.514. The Hall–Kier alpha value is -2.94. The van der Waals surface area contributed by atoms with Crippen molar-refractivity contribution in [2.75, 3.05) is 0 Å². The number of rotatable bonds is 2. The fraction of sp³-hybridized carbons (Fsp3) is 0. The highest BCUT2D eigenvalue weighted by molar-refractivity contribution is 6.16. The monoisotopic (exact) mass is 273 g/mol. The first kappa shape index (κ1) is 11.9. The van der Waals surface area contributed by atoms with Crippen molar-refractivity contribution in [2.45, 2.75) is 0 Å². The molecule has 0 N–H and O–H groups in total. The highest BCUT2D eigenvalue weighted by Crippen LogP contribution is 2.24. The van der Waals surface area contributed by atoms with Crippen molar-refractivity contribution in [1.82, 2.24) is 4.98 Å². The summed E-state index contributed by atoms with van der Waals surface area (Å²) in [5.74, 6) is 0.253. The minimum atomic E-state index is -0.108. The molecule has 21 heavy (non-hydrogen) atoms. The minimum absolute atomic E-state index is 0.108. The first-order chi connectivity index (χ1) is 10.3. The summed E-state index contributed by atoms with van der Waals surface area (Å²) >= 11 is 0. The maximum absolute atomic E-state index is 12.7. The van der Waals surface area contributed by atoms with Crippen LogP contribution in [0.1, 0.15) is 16.1 Å². The highest BCUT2D eigenvalue weighted by atomic mass is 16.3. The number of carbonyl (C=O) groups is 1. The largest absolute Gasteiger partial charge is 0.453 e. The standard InChI is InChI=1S/C18H11NO2/c20-18(17-10-12-4-1-2-7-16(12)21-17)15-6-3-5-13-11-19-9-8-14(13)15/h1-11H. The van der Waals surface area contributed by atoms with Gasteiger partial charge in [0.15, 0.2) is 5.76 Å². The SMILES string of the molecule is O=C(c1cc2ccccc2o1)c1cccc2cnccc12. The predicted octanol–water partition coefficient (Wildman–Crippen LogP) is 4.21. The van der Waals surface area contributed by atoms with Gasteiger partial charge in [0.05, 0.1) is 0 Å². The number of pyridine rings is 1. The Morgan fingerprint density at radius 2 is 1.81 bits per heavy atom. The van der Waals surface area contributed by atoms with Gasteiger partial charge in [-0.05, 0) is 23.6 Å². The summed E-state index contributed by atoms with van der Waals surface area (Å²) in [6, 6.07) is 16.9. The van der Waals surface area contributed by atoms with Crippen molar-refractivity contribution in [3.8, 4) is 0 Å². The maximum Gasteiger partial charge on any atom is 0.228 e. The molecule has 3 nitrogen and oxygen atoms in total. The van der Waals surface area contributed by atoms with Crippen molar-refractivity contribution in [3.63, 3.8) is 0 Å². The Morgan fingerprint density at radius 1 is 0.952 bits per heavy atom. The van der Waals surface area contributed by atoms with E-state index in [4.69, 9.17) is 4.42 Å². The summed E-state index contributed by atoms with van der Waals surface area (Å²) in [5.41, 5.74) is 1.36. The number of fused-ring (bicyclic) bond motifs is 2. The number of aromatic nitrogens is 1. The first-order valence-electron chi connectivity index (χ1n) is 6.69. The van der Waals surface area contributed by atoms with Crippen molar-refractivity contribution >= 4 is 27.5 Å². The molecule has 0 aliphatic heterocycles. The Labute approximate surface area is 120 Å². The van der Waals surface area contributed by atoms with Gasteiger partial charge in [-0.2, -0.15) is 0 Å². The number of hydrogen-bond acceptors (Lipinski definition) is 3. The molecule has 3 heteroatoms. The molecule has 0 aliphatic carbocycles. The second kappa shape index (κ2) is 4.56. The summed E-state index contributed by atoms with van der Waals surface area (Å²) in [5, 5.41) is 2.76. The van der Waals surface area contributed by atoms with E-state index >= 15 is 0 Å². The smallest absolute Gasteiger partial charge is 0.228 e. The molecule has 0 aliphatic rings. The normalized spacial score (nSPS) is 11.0. The van der Waals surface area contributed by atoms with E-state index in [0.29, 0.717) is 11.3 Å². The van der Waals surface area contributed by atoms with Gasteiger partial charge in [0.25, 0.3) is 0 Å². The molecule has 4 rings (SSSR count). The summed E-state index contributed by atoms with van der Waals surface area (Å²) in [4.78, 5) is 16.8. The van der Waals surface area contributed by atoms with Crippen LogP contribution in [0.2, 0.25) is 0 Å². The van der Waals surface area contributed by atoms with Crippen LogP contribution in [0, 0.1) is 0 Å². The van der Waals surface area contributed by atoms with Gasteiger partial charge in [-0.15, -0.1) is 0 Å². The molecular formula is C18H11NO2. The molecule has 2 heterocycles. The molecule has 0 unspecified atom stereocenters. The van der Waals surface area contributed by atoms with Gasteiger partial charge in [0, 0.05) is 28.7 Å². The van der Waals surface area contributed by atoms with Crippen LogP contribution in [-0.4, -0.2) is 10.8 Å². The van der Waals surface area contributed by atoms with Crippen molar-refractivity contribution < 1.29 is 9.21 Å². The van der Waals surface area contributed by atoms with E-state index in [1.54, 1.807) is 18.5 Å². The lowest BCUT2D eigenvalue weighted by Crippen LogP contribution is -2.00. The van der Waals surface area contributed by atoms with Crippen LogP contribution in [0.4, 0.5) is 0 Å². The lowest BCUT2D eigenvalue weighted by atomic mass is 10.0. The number of carbonyl (C=O) groups excluding carboxylic acids is 1. The molecule has 4 aromatic rings. The van der Waals surface area contributed by atoms with Crippen LogP contribution >= 0.6 is 0 Å². The van der Waals surface area contributed by atoms with E-state index in [2.05, 4.69) is 4.98 Å². The lowest BCUT2D eigenvalue weighted by Gasteiger charge is -2.03. The third-order valence-electron chi connectivity index (χ3n) is 3.57. The molecule has 2 aromatic heterocycles. The lowest BCUT2D eigenvalue weighted by molar-refractivity contribution is 0.101. The average molecular weight is 273 g/mol. The van der Waals surface area contributed by atoms with Gasteiger partial charge in [-0.1, -0.05) is 36.4 Å². The van der Waals surface area contributed by atoms with E-state index in [1.807, 2.05) is 48.5 Å². The van der Waals surface area contributed by atoms with Gasteiger partial charge in [0.1, 0.15) is 5.58 Å². The molecular weight excluding hydrogens is 262 g/mol. The van der Waals surface area contributed by atoms with Crippen LogP contribution in [0.5, 0.6) is 0 Å². The molecule has 0 saturated carbocycles. The van der Waals surface area contributed by atoms with Crippen LogP contribution < -0.4 is 0 Å². The molecule has 0 fully saturated rings. The summed E-state index contributed by atoms with van der Waals surface area (Å²) in [7, 11) is 0. The van der Waals surface area contributed by atoms with Crippen molar-refractivity contribution in [1.29, 1.82) is 0 Å². The van der Waals surface area contributed by atoms with E-state index in [1.165, 1.54) is 0 Å². The van der Waals surface area contributed by atoms with Gasteiger partial charge < -0.3 is 4.42 Å². The second-order valence-corrected chi connectivity index (χ2v) is 4.88. The fourth-order valence-electron chi connectivity index (χ4n) is 2.55. The van der Waals surface area contributed by atoms with E-state index in [0.717, 1.165) is 21.7 Å². The van der Waals surface area contributed by atoms with Crippen LogP contribution in [0.3, 0.4) is 0 Å². The molecule has 0 saturated heterocycles. The van der Waals surface area contributed by atoms with Gasteiger partial charge in [0.2, 0.25) is 5.78 Å². The molecule has 0 atom stereocenters. The summed E-state index contributed by atoms with van der Waals surface area (Å²) in [6.45, 7) is 0. The van der Waals surface area contributed by atoms with Gasteiger partial charge in [-0.25, -0.2) is 0 Å². The molecule has 0 bridgehead atoms. The molecule has 2 aromatic carbocycles. The zero-order valence-corrected chi connectivity index (χ0v) is 11.1. The number of hydrogen-bond donors (Lipinski definition) is 0. The molecule has 0 amide bonds. The Bertz CT molecular complexity index is 931. The number of benzene rings is 2. The van der Waals surface area contributed by atoms with Crippen molar-refractivity contribution in [3.05, 3.63) is 78.3 Å². The van der Waals surface area contributed by atoms with Gasteiger partial charge in [-0.3, -0.25) is 9.78 Å². The van der Waals surface area contributed by atoms with E-state index in [9.17, 15) is 4.79 Å². The Morgan fingerprint density at radius 3 is 2.71 bits per heavy atom. The number of ketones is 1. The van der Waals surface area contributed by atoms with Crippen LogP contribution in [-0.2, 0) is 0 Å². The van der Waals surface area contributed by atoms with Crippen LogP contribution in [0.25, 0.3) is 21.7 Å². The van der Waals surface area contributed by atoms with E-state index < -0.39 is 0 Å². The number of furan rings is 1. The molecule has 0 spiro atoms. The Kier molecular flexibility index (Phi) is 2.57. The molecule has 0 radical (unpaired) electrons. The van der Waals surface area contributed by atoms with Gasteiger partial charge >= 0.3 is 0 Å². The average Bonchev–Trinajstić information content (AvgIpc) is 2.97. The zero-order valence-electron chi connectivity index (χ0n) is 11.1. The second-order valence-electron chi connectivity index (χ2n) is 4.88. The Balaban J connectivity index is 1.90. The topological polar surface area (TPSA) is 43.1 Å². The third kappa shape index (κ3) is 1.91. The first-order valence-corrected chi connectivity index (χ1v) is 6.69. The minimum Gasteiger partial charge on any atom is -0.453 e. The zero-order chi connectivity index (χ0) is 14.2. The highest BCUT2D eigenvalue weighted by Gasteiger charge is 2.16. The fourth-order valence-corrected chi connectivity index (χ4v) is 2.55. The molecule has 100 valence electrons. The maximum atomic E-state index is 12.7. The number of para-hydroxylation sites is 1. The van der Waals surface area contributed by atoms with Crippen molar-refractivity contribution in [2.24, 2.45) is 0 Å². The van der Waals surface area contributed by atoms with Crippen LogP contribution in [0.15, 0.2) is 71.4 Å². The summed E-state index contributed by atoms with van der Waals surface area (Å²) < 4.78 is 5.67. The predicted molar refractivity (Wildman–Crippen MR) is 81.4 cm³/mol. The van der Waals surface area contributed by atoms with E-state index in [-0.39, 0.29) is 5.78 Å².